The lowest BCUT2D eigenvalue weighted by Gasteiger charge is -2.27. The fraction of sp³-hybridized carbons (Fsp3) is 0.562. The van der Waals surface area contributed by atoms with Crippen LogP contribution >= 0.6 is 0 Å². The first-order chi connectivity index (χ1) is 8.90. The van der Waals surface area contributed by atoms with Gasteiger partial charge in [-0.05, 0) is 12.5 Å². The van der Waals surface area contributed by atoms with Gasteiger partial charge >= 0.3 is 0 Å². The van der Waals surface area contributed by atoms with E-state index in [9.17, 15) is 0 Å². The quantitative estimate of drug-likeness (QED) is 0.663. The summed E-state index contributed by atoms with van der Waals surface area (Å²) < 4.78 is 5.63. The molecule has 0 saturated heterocycles. The number of nitrogens with zero attached hydrogens (tertiary/aromatic N) is 1. The Morgan fingerprint density at radius 2 is 1.83 bits per heavy atom. The van der Waals surface area contributed by atoms with Crippen molar-refractivity contribution in [2.45, 2.75) is 52.0 Å². The van der Waals surface area contributed by atoms with Crippen molar-refractivity contribution >= 4 is 0 Å². The van der Waals surface area contributed by atoms with E-state index in [4.69, 9.17) is 4.74 Å². The van der Waals surface area contributed by atoms with Gasteiger partial charge in [0, 0.05) is 18.7 Å². The monoisotopic (exact) mass is 246 g/mol. The van der Waals surface area contributed by atoms with Crippen LogP contribution in [0.3, 0.4) is 0 Å². The minimum Gasteiger partial charge on any atom is -0.469 e. The lowest BCUT2D eigenvalue weighted by molar-refractivity contribution is 0.166. The first-order valence-electron chi connectivity index (χ1n) is 7.22. The third-order valence-electron chi connectivity index (χ3n) is 3.47. The van der Waals surface area contributed by atoms with Gasteiger partial charge in [-0.3, -0.25) is 4.90 Å². The Balaban J connectivity index is 1.64. The summed E-state index contributed by atoms with van der Waals surface area (Å²) in [5.41, 5.74) is 1.30. The second kappa shape index (κ2) is 7.42. The molecule has 2 heteroatoms. The zero-order chi connectivity index (χ0) is 12.6. The molecule has 1 radical (unpaired) electrons. The lowest BCUT2D eigenvalue weighted by Crippen LogP contribution is -2.28. The van der Waals surface area contributed by atoms with Crippen molar-refractivity contribution < 1.29 is 4.74 Å². The molecule has 0 saturated carbocycles. The molecule has 0 unspecified atom stereocenters. The fourth-order valence-corrected chi connectivity index (χ4v) is 2.36. The summed E-state index contributed by atoms with van der Waals surface area (Å²) >= 11 is 0. The van der Waals surface area contributed by atoms with Crippen LogP contribution in [0.1, 0.15) is 51.0 Å². The van der Waals surface area contributed by atoms with Crippen LogP contribution in [0.25, 0.3) is 0 Å². The molecular formula is C16H24NO. The second-order valence-corrected chi connectivity index (χ2v) is 5.07. The maximum absolute atomic E-state index is 5.63. The van der Waals surface area contributed by atoms with E-state index in [0.29, 0.717) is 0 Å². The zero-order valence-electron chi connectivity index (χ0n) is 11.4. The van der Waals surface area contributed by atoms with Crippen molar-refractivity contribution in [1.29, 1.82) is 0 Å². The van der Waals surface area contributed by atoms with E-state index in [2.05, 4.69) is 24.0 Å². The average molecular weight is 246 g/mol. The molecule has 2 nitrogen and oxygen atoms in total. The molecular weight excluding hydrogens is 222 g/mol. The Morgan fingerprint density at radius 1 is 1.06 bits per heavy atom. The van der Waals surface area contributed by atoms with Gasteiger partial charge in [0.05, 0.1) is 0 Å². The van der Waals surface area contributed by atoms with Crippen LogP contribution in [0.2, 0.25) is 0 Å². The Bertz CT molecular complexity index is 351. The van der Waals surface area contributed by atoms with Gasteiger partial charge in [0.25, 0.3) is 0 Å². The predicted molar refractivity (Wildman–Crippen MR) is 75.2 cm³/mol. The Morgan fingerprint density at radius 3 is 2.72 bits per heavy atom. The highest BCUT2D eigenvalue weighted by atomic mass is 16.5. The summed E-state index contributed by atoms with van der Waals surface area (Å²) in [6, 6.07) is 8.29. The summed E-state index contributed by atoms with van der Waals surface area (Å²) in [4.78, 5) is 2.28. The van der Waals surface area contributed by atoms with E-state index in [1.54, 1.807) is 0 Å². The van der Waals surface area contributed by atoms with E-state index < -0.39 is 0 Å². The molecule has 1 aliphatic heterocycles. The highest BCUT2D eigenvalue weighted by molar-refractivity contribution is 5.34. The molecule has 1 aromatic rings. The van der Waals surface area contributed by atoms with E-state index in [1.807, 2.05) is 18.9 Å². The summed E-state index contributed by atoms with van der Waals surface area (Å²) in [7, 11) is 0. The third kappa shape index (κ3) is 4.02. The molecule has 0 amide bonds. The van der Waals surface area contributed by atoms with Crippen molar-refractivity contribution in [3.05, 3.63) is 36.6 Å². The van der Waals surface area contributed by atoms with Crippen LogP contribution in [0.15, 0.2) is 24.3 Å². The van der Waals surface area contributed by atoms with E-state index in [0.717, 1.165) is 18.8 Å². The maximum Gasteiger partial charge on any atom is 0.204 e. The molecule has 99 valence electrons. The van der Waals surface area contributed by atoms with Gasteiger partial charge in [-0.2, -0.15) is 0 Å². The van der Waals surface area contributed by atoms with Crippen molar-refractivity contribution in [1.82, 2.24) is 4.90 Å². The third-order valence-corrected chi connectivity index (χ3v) is 3.47. The standard InChI is InChI=1S/C16H24NO/c1-2-3-4-5-6-9-12-17-13-15-10-7-8-11-16(15)18-14-17/h7-8,10-11,14H,2-6,9,12-13H2,1H3. The zero-order valence-corrected chi connectivity index (χ0v) is 11.4. The minimum absolute atomic E-state index is 0.991. The van der Waals surface area contributed by atoms with Gasteiger partial charge in [-0.1, -0.05) is 57.2 Å². The number of benzene rings is 1. The van der Waals surface area contributed by atoms with Crippen molar-refractivity contribution in [3.8, 4) is 5.75 Å². The average Bonchev–Trinajstić information content (AvgIpc) is 2.42. The molecule has 0 aromatic heterocycles. The Labute approximate surface area is 111 Å². The summed E-state index contributed by atoms with van der Waals surface area (Å²) in [5.74, 6) is 1.01. The lowest BCUT2D eigenvalue weighted by atomic mass is 10.1. The topological polar surface area (TPSA) is 12.5 Å². The molecule has 0 atom stereocenters. The second-order valence-electron chi connectivity index (χ2n) is 5.07. The molecule has 2 rings (SSSR count). The Hall–Kier alpha value is -1.02. The van der Waals surface area contributed by atoms with Crippen LogP contribution in [0, 0.1) is 6.73 Å². The van der Waals surface area contributed by atoms with Gasteiger partial charge in [-0.25, -0.2) is 0 Å². The van der Waals surface area contributed by atoms with E-state index in [-0.39, 0.29) is 0 Å². The predicted octanol–water partition coefficient (Wildman–Crippen LogP) is 4.36. The van der Waals surface area contributed by atoms with E-state index in [1.165, 1.54) is 44.1 Å². The van der Waals surface area contributed by atoms with Crippen LogP contribution in [0.5, 0.6) is 5.75 Å². The highest BCUT2D eigenvalue weighted by Gasteiger charge is 2.16. The molecule has 0 aliphatic carbocycles. The van der Waals surface area contributed by atoms with Crippen molar-refractivity contribution in [3.63, 3.8) is 0 Å². The molecule has 1 heterocycles. The van der Waals surface area contributed by atoms with Crippen LogP contribution < -0.4 is 4.74 Å². The summed E-state index contributed by atoms with van der Waals surface area (Å²) in [6.07, 6.45) is 8.08. The first-order valence-corrected chi connectivity index (χ1v) is 7.22. The van der Waals surface area contributed by atoms with Crippen LogP contribution in [-0.4, -0.2) is 11.4 Å². The van der Waals surface area contributed by atoms with Crippen molar-refractivity contribution in [2.75, 3.05) is 6.54 Å². The molecule has 18 heavy (non-hydrogen) atoms. The normalized spacial score (nSPS) is 15.2. The summed E-state index contributed by atoms with van der Waals surface area (Å²) in [5, 5.41) is 0. The molecule has 0 spiro atoms. The van der Waals surface area contributed by atoms with Gasteiger partial charge in [0.2, 0.25) is 6.73 Å². The first kappa shape index (κ1) is 13.4. The van der Waals surface area contributed by atoms with Gasteiger partial charge < -0.3 is 4.74 Å². The van der Waals surface area contributed by atoms with Gasteiger partial charge in [0.1, 0.15) is 5.75 Å². The van der Waals surface area contributed by atoms with E-state index >= 15 is 0 Å². The van der Waals surface area contributed by atoms with Gasteiger partial charge in [0.15, 0.2) is 0 Å². The number of unbranched alkanes of at least 4 members (excludes halogenated alkanes) is 5. The molecule has 0 fully saturated rings. The SMILES string of the molecule is CCCCCCCCN1[CH]Oc2ccccc2C1. The maximum atomic E-state index is 5.63. The fourth-order valence-electron chi connectivity index (χ4n) is 2.36. The molecule has 0 N–H and O–H groups in total. The number of hydrogen-bond acceptors (Lipinski definition) is 2. The van der Waals surface area contributed by atoms with Crippen LogP contribution in [-0.2, 0) is 6.54 Å². The Kier molecular flexibility index (Phi) is 5.53. The van der Waals surface area contributed by atoms with Crippen molar-refractivity contribution in [2.24, 2.45) is 0 Å². The largest absolute Gasteiger partial charge is 0.469 e. The highest BCUT2D eigenvalue weighted by Crippen LogP contribution is 2.26. The smallest absolute Gasteiger partial charge is 0.204 e. The number of ether oxygens (including phenoxy) is 1. The number of fused-ring (bicyclic) bond motifs is 1. The number of para-hydroxylation sites is 1. The molecule has 1 aliphatic rings. The molecule has 0 bridgehead atoms. The van der Waals surface area contributed by atoms with Gasteiger partial charge in [-0.15, -0.1) is 0 Å². The number of rotatable bonds is 7. The number of hydrogen-bond donors (Lipinski definition) is 0. The minimum atomic E-state index is 0.991. The molecule has 1 aromatic carbocycles. The van der Waals surface area contributed by atoms with Crippen LogP contribution in [0.4, 0.5) is 0 Å². The summed E-state index contributed by atoms with van der Waals surface area (Å²) in [6.45, 7) is 6.25.